The van der Waals surface area contributed by atoms with Gasteiger partial charge in [-0.3, -0.25) is 0 Å². The maximum absolute atomic E-state index is 12.8. The van der Waals surface area contributed by atoms with Gasteiger partial charge < -0.3 is 0 Å². The summed E-state index contributed by atoms with van der Waals surface area (Å²) in [6.07, 6.45) is 1.23. The fourth-order valence-electron chi connectivity index (χ4n) is 3.30. The van der Waals surface area contributed by atoms with E-state index < -0.39 is 11.7 Å². The van der Waals surface area contributed by atoms with Gasteiger partial charge in [0.15, 0.2) is 0 Å². The molecule has 1 saturated carbocycles. The molecule has 0 radical (unpaired) electrons. The third-order valence-electron chi connectivity index (χ3n) is 4.56. The largest absolute Gasteiger partial charge is 0.416 e. The number of alkyl halides is 5. The summed E-state index contributed by atoms with van der Waals surface area (Å²) in [6, 6.07) is 5.77. The van der Waals surface area contributed by atoms with E-state index >= 15 is 0 Å². The van der Waals surface area contributed by atoms with Crippen molar-refractivity contribution < 1.29 is 13.2 Å². The van der Waals surface area contributed by atoms with Crippen LogP contribution in [0.4, 0.5) is 13.2 Å². The molecule has 0 N–H and O–H groups in total. The third-order valence-corrected chi connectivity index (χ3v) is 6.80. The molecule has 5 heteroatoms. The van der Waals surface area contributed by atoms with Crippen molar-refractivity contribution in [1.82, 2.24) is 0 Å². The first-order valence-corrected chi connectivity index (χ1v) is 9.44. The zero-order valence-electron chi connectivity index (χ0n) is 11.7. The summed E-state index contributed by atoms with van der Waals surface area (Å²) in [5.74, 6) is 0.575. The quantitative estimate of drug-likeness (QED) is 0.489. The van der Waals surface area contributed by atoms with Gasteiger partial charge in [-0.1, -0.05) is 62.9 Å². The summed E-state index contributed by atoms with van der Waals surface area (Å²) >= 11 is 7.21. The lowest BCUT2D eigenvalue weighted by molar-refractivity contribution is -0.137. The molecule has 0 aromatic heterocycles. The van der Waals surface area contributed by atoms with Crippen molar-refractivity contribution in [3.8, 4) is 0 Å². The van der Waals surface area contributed by atoms with Crippen LogP contribution < -0.4 is 0 Å². The van der Waals surface area contributed by atoms with Gasteiger partial charge in [-0.25, -0.2) is 0 Å². The van der Waals surface area contributed by atoms with Gasteiger partial charge in [0.25, 0.3) is 0 Å². The standard InChI is InChI=1S/C16H19Br2F3/c17-10-15(11-18,13-5-1-2-6-13)9-12-4-3-7-14(8-12)16(19,20)21/h3-4,7-8,13H,1-2,5-6,9-11H2. The highest BCUT2D eigenvalue weighted by molar-refractivity contribution is 9.09. The van der Waals surface area contributed by atoms with Crippen LogP contribution in [0.1, 0.15) is 36.8 Å². The lowest BCUT2D eigenvalue weighted by atomic mass is 9.73. The van der Waals surface area contributed by atoms with Crippen LogP contribution in [0.5, 0.6) is 0 Å². The molecule has 118 valence electrons. The Bertz CT molecular complexity index is 461. The van der Waals surface area contributed by atoms with Crippen LogP contribution in [-0.4, -0.2) is 10.7 Å². The second-order valence-corrected chi connectivity index (χ2v) is 7.11. The van der Waals surface area contributed by atoms with E-state index in [1.807, 2.05) is 6.07 Å². The van der Waals surface area contributed by atoms with Crippen molar-refractivity contribution in [2.75, 3.05) is 10.7 Å². The van der Waals surface area contributed by atoms with E-state index in [1.54, 1.807) is 0 Å². The Kier molecular flexibility index (Phi) is 5.80. The summed E-state index contributed by atoms with van der Waals surface area (Å²) in [7, 11) is 0. The van der Waals surface area contributed by atoms with Gasteiger partial charge in [0.05, 0.1) is 5.56 Å². The summed E-state index contributed by atoms with van der Waals surface area (Å²) in [6.45, 7) is 0. The first kappa shape index (κ1) is 17.3. The van der Waals surface area contributed by atoms with Crippen molar-refractivity contribution in [1.29, 1.82) is 0 Å². The van der Waals surface area contributed by atoms with E-state index in [0.717, 1.165) is 22.3 Å². The van der Waals surface area contributed by atoms with Crippen molar-refractivity contribution in [3.63, 3.8) is 0 Å². The number of benzene rings is 1. The molecule has 1 aromatic carbocycles. The fourth-order valence-corrected chi connectivity index (χ4v) is 5.54. The molecule has 0 saturated heterocycles. The second-order valence-electron chi connectivity index (χ2n) is 5.99. The molecule has 1 fully saturated rings. The zero-order valence-corrected chi connectivity index (χ0v) is 14.9. The molecule has 1 aliphatic carbocycles. The smallest absolute Gasteiger partial charge is 0.166 e. The highest BCUT2D eigenvalue weighted by Gasteiger charge is 2.39. The highest BCUT2D eigenvalue weighted by Crippen LogP contribution is 2.45. The number of rotatable bonds is 5. The molecule has 1 aromatic rings. The van der Waals surface area contributed by atoms with Crippen LogP contribution in [0.25, 0.3) is 0 Å². The van der Waals surface area contributed by atoms with Crippen LogP contribution >= 0.6 is 31.9 Å². The van der Waals surface area contributed by atoms with Gasteiger partial charge in [0.1, 0.15) is 0 Å². The van der Waals surface area contributed by atoms with Crippen LogP contribution in [0, 0.1) is 11.3 Å². The topological polar surface area (TPSA) is 0 Å². The van der Waals surface area contributed by atoms with Gasteiger partial charge in [-0.15, -0.1) is 0 Å². The fraction of sp³-hybridized carbons (Fsp3) is 0.625. The summed E-state index contributed by atoms with van der Waals surface area (Å²) < 4.78 is 38.5. The first-order chi connectivity index (χ1) is 9.91. The number of hydrogen-bond acceptors (Lipinski definition) is 0. The molecule has 0 nitrogen and oxygen atoms in total. The van der Waals surface area contributed by atoms with E-state index in [4.69, 9.17) is 0 Å². The first-order valence-electron chi connectivity index (χ1n) is 7.19. The lowest BCUT2D eigenvalue weighted by Gasteiger charge is -2.36. The molecule has 0 atom stereocenters. The van der Waals surface area contributed by atoms with Crippen LogP contribution in [0.15, 0.2) is 24.3 Å². The monoisotopic (exact) mass is 426 g/mol. The normalized spacial score (nSPS) is 17.4. The van der Waals surface area contributed by atoms with E-state index in [1.165, 1.54) is 37.8 Å². The molecule has 0 aliphatic heterocycles. The zero-order chi connectivity index (χ0) is 15.5. The molecule has 0 heterocycles. The lowest BCUT2D eigenvalue weighted by Crippen LogP contribution is -2.35. The predicted octanol–water partition coefficient (Wildman–Crippen LogP) is 6.21. The Morgan fingerprint density at radius 2 is 1.67 bits per heavy atom. The van der Waals surface area contributed by atoms with Gasteiger partial charge in [0.2, 0.25) is 0 Å². The predicted molar refractivity (Wildman–Crippen MR) is 87.1 cm³/mol. The molecule has 0 unspecified atom stereocenters. The van der Waals surface area contributed by atoms with Crippen molar-refractivity contribution in [2.45, 2.75) is 38.3 Å². The van der Waals surface area contributed by atoms with Crippen LogP contribution in [0.3, 0.4) is 0 Å². The molecule has 0 bridgehead atoms. The Hall–Kier alpha value is -0.0300. The van der Waals surface area contributed by atoms with Crippen molar-refractivity contribution in [2.24, 2.45) is 11.3 Å². The maximum Gasteiger partial charge on any atom is 0.416 e. The van der Waals surface area contributed by atoms with Crippen LogP contribution in [-0.2, 0) is 12.6 Å². The highest BCUT2D eigenvalue weighted by atomic mass is 79.9. The summed E-state index contributed by atoms with van der Waals surface area (Å²) in [4.78, 5) is 0. The average molecular weight is 428 g/mol. The van der Waals surface area contributed by atoms with E-state index in [0.29, 0.717) is 12.3 Å². The average Bonchev–Trinajstić information content (AvgIpc) is 2.99. The SMILES string of the molecule is FC(F)(F)c1cccc(CC(CBr)(CBr)C2CCCC2)c1. The summed E-state index contributed by atoms with van der Waals surface area (Å²) in [5, 5.41) is 1.62. The molecular formula is C16H19Br2F3. The minimum absolute atomic E-state index is 0.000716. The van der Waals surface area contributed by atoms with Gasteiger partial charge in [0, 0.05) is 10.7 Å². The third kappa shape index (κ3) is 4.04. The molecule has 1 aliphatic rings. The van der Waals surface area contributed by atoms with E-state index in [9.17, 15) is 13.2 Å². The number of halogens is 5. The van der Waals surface area contributed by atoms with Crippen LogP contribution in [0.2, 0.25) is 0 Å². The van der Waals surface area contributed by atoms with Crippen molar-refractivity contribution >= 4 is 31.9 Å². The second kappa shape index (κ2) is 7.03. The molecular weight excluding hydrogens is 409 g/mol. The molecule has 0 amide bonds. The van der Waals surface area contributed by atoms with Gasteiger partial charge in [-0.2, -0.15) is 13.2 Å². The molecule has 2 rings (SSSR count). The minimum Gasteiger partial charge on any atom is -0.166 e. The molecule has 0 spiro atoms. The number of hydrogen-bond donors (Lipinski definition) is 0. The Balaban J connectivity index is 2.24. The van der Waals surface area contributed by atoms with Gasteiger partial charge >= 0.3 is 6.18 Å². The van der Waals surface area contributed by atoms with E-state index in [2.05, 4.69) is 31.9 Å². The summed E-state index contributed by atoms with van der Waals surface area (Å²) in [5.41, 5.74) is 0.223. The van der Waals surface area contributed by atoms with E-state index in [-0.39, 0.29) is 5.41 Å². The van der Waals surface area contributed by atoms with Crippen molar-refractivity contribution in [3.05, 3.63) is 35.4 Å². The van der Waals surface area contributed by atoms with Gasteiger partial charge in [-0.05, 0) is 42.2 Å². The Morgan fingerprint density at radius 1 is 1.05 bits per heavy atom. The Morgan fingerprint density at radius 3 is 2.19 bits per heavy atom. The maximum atomic E-state index is 12.8. The minimum atomic E-state index is -4.27. The Labute approximate surface area is 140 Å². The molecule has 21 heavy (non-hydrogen) atoms.